The van der Waals surface area contributed by atoms with E-state index < -0.39 is 28.3 Å². The van der Waals surface area contributed by atoms with Crippen molar-refractivity contribution in [2.75, 3.05) is 19.1 Å². The van der Waals surface area contributed by atoms with Crippen LogP contribution in [0.15, 0.2) is 12.2 Å². The lowest BCUT2D eigenvalue weighted by molar-refractivity contribution is -0.135. The molecule has 0 unspecified atom stereocenters. The number of hydrogen-bond donors (Lipinski definition) is 1. The lowest BCUT2D eigenvalue weighted by Crippen LogP contribution is -2.40. The molecule has 0 radical (unpaired) electrons. The van der Waals surface area contributed by atoms with Crippen LogP contribution in [-0.4, -0.2) is 41.8 Å². The zero-order chi connectivity index (χ0) is 13.6. The SMILES string of the molecule is C=C(C)C(=O)NC(=O)C(C(=O)OCC)=S(C)C. The van der Waals surface area contributed by atoms with Gasteiger partial charge in [-0.15, -0.1) is 0 Å². The van der Waals surface area contributed by atoms with Crippen LogP contribution in [0, 0.1) is 0 Å². The minimum Gasteiger partial charge on any atom is -0.462 e. The normalized spacial score (nSPS) is 9.71. The standard InChI is InChI=1S/C11H17NO4S/c1-6-16-11(15)8(17(4)5)10(14)12-9(13)7(2)3/h2,6H2,1,3-5H3,(H,12,13,14). The number of ether oxygens (including phenoxy) is 1. The first-order chi connectivity index (χ1) is 7.81. The van der Waals surface area contributed by atoms with E-state index in [1.165, 1.54) is 6.92 Å². The third-order valence-corrected chi connectivity index (χ3v) is 2.86. The largest absolute Gasteiger partial charge is 0.462 e. The maximum absolute atomic E-state index is 11.7. The number of amides is 2. The molecule has 0 aliphatic heterocycles. The van der Waals surface area contributed by atoms with Gasteiger partial charge in [0.15, 0.2) is 0 Å². The highest BCUT2D eigenvalue weighted by atomic mass is 32.2. The highest BCUT2D eigenvalue weighted by molar-refractivity contribution is 8.16. The maximum Gasteiger partial charge on any atom is 0.349 e. The van der Waals surface area contributed by atoms with Crippen molar-refractivity contribution >= 4 is 33.1 Å². The van der Waals surface area contributed by atoms with Crippen LogP contribution in [0.3, 0.4) is 0 Å². The van der Waals surface area contributed by atoms with Gasteiger partial charge in [0.05, 0.1) is 6.61 Å². The van der Waals surface area contributed by atoms with Gasteiger partial charge in [0, 0.05) is 5.57 Å². The Labute approximate surface area is 103 Å². The van der Waals surface area contributed by atoms with Crippen molar-refractivity contribution in [1.82, 2.24) is 5.32 Å². The zero-order valence-electron chi connectivity index (χ0n) is 10.5. The minimum atomic E-state index is -0.718. The summed E-state index contributed by atoms with van der Waals surface area (Å²) >= 11 is 0. The number of hydrogen-bond acceptors (Lipinski definition) is 4. The summed E-state index contributed by atoms with van der Waals surface area (Å²) in [5.41, 5.74) is 0.202. The van der Waals surface area contributed by atoms with Crippen molar-refractivity contribution in [3.8, 4) is 0 Å². The van der Waals surface area contributed by atoms with Crippen molar-refractivity contribution in [2.24, 2.45) is 0 Å². The molecule has 1 N–H and O–H groups in total. The molecule has 0 heterocycles. The van der Waals surface area contributed by atoms with Crippen molar-refractivity contribution < 1.29 is 19.1 Å². The number of rotatable bonds is 4. The van der Waals surface area contributed by atoms with Gasteiger partial charge in [-0.2, -0.15) is 10.5 Å². The Bertz CT molecular complexity index is 394. The third-order valence-electron chi connectivity index (χ3n) is 1.69. The van der Waals surface area contributed by atoms with Gasteiger partial charge in [0.1, 0.15) is 4.86 Å². The number of nitrogens with one attached hydrogen (secondary N) is 1. The van der Waals surface area contributed by atoms with Crippen LogP contribution in [0.1, 0.15) is 13.8 Å². The van der Waals surface area contributed by atoms with Crippen LogP contribution < -0.4 is 5.32 Å². The predicted octanol–water partition coefficient (Wildman–Crippen LogP) is 0.469. The lowest BCUT2D eigenvalue weighted by Gasteiger charge is -2.09. The third kappa shape index (κ3) is 4.95. The van der Waals surface area contributed by atoms with E-state index in [0.717, 1.165) is 0 Å². The second kappa shape index (κ2) is 7.01. The summed E-state index contributed by atoms with van der Waals surface area (Å²) in [4.78, 5) is 34.5. The Morgan fingerprint density at radius 3 is 2.12 bits per heavy atom. The number of carbonyl (C=O) groups excluding carboxylic acids is 3. The zero-order valence-corrected chi connectivity index (χ0v) is 11.3. The molecule has 6 heteroatoms. The summed E-state index contributed by atoms with van der Waals surface area (Å²) in [5, 5.41) is 2.09. The maximum atomic E-state index is 11.7. The van der Waals surface area contributed by atoms with Crippen molar-refractivity contribution in [3.05, 3.63) is 12.2 Å². The molecule has 0 atom stereocenters. The number of imide groups is 1. The van der Waals surface area contributed by atoms with Crippen LogP contribution in [0.2, 0.25) is 0 Å². The van der Waals surface area contributed by atoms with E-state index >= 15 is 0 Å². The molecule has 0 rings (SSSR count). The average molecular weight is 259 g/mol. The predicted molar refractivity (Wildman–Crippen MR) is 69.0 cm³/mol. The molecule has 5 nitrogen and oxygen atoms in total. The first-order valence-corrected chi connectivity index (χ1v) is 6.98. The van der Waals surface area contributed by atoms with E-state index in [0.29, 0.717) is 0 Å². The summed E-state index contributed by atoms with van der Waals surface area (Å²) < 4.78 is 4.76. The second-order valence-electron chi connectivity index (χ2n) is 3.43. The van der Waals surface area contributed by atoms with E-state index in [9.17, 15) is 14.4 Å². The molecule has 2 amide bonds. The van der Waals surface area contributed by atoms with Crippen molar-refractivity contribution in [2.45, 2.75) is 13.8 Å². The van der Waals surface area contributed by atoms with Gasteiger partial charge in [-0.3, -0.25) is 14.9 Å². The molecule has 0 spiro atoms. The Morgan fingerprint density at radius 1 is 1.24 bits per heavy atom. The van der Waals surface area contributed by atoms with Crippen LogP contribution >= 0.6 is 10.5 Å². The summed E-state index contributed by atoms with van der Waals surface area (Å²) in [7, 11) is -0.596. The highest BCUT2D eigenvalue weighted by Crippen LogP contribution is 2.05. The Balaban J connectivity index is 4.94. The molecule has 0 aromatic heterocycles. The molecular formula is C11H17NO4S. The monoisotopic (exact) mass is 259 g/mol. The van der Waals surface area contributed by atoms with E-state index in [2.05, 4.69) is 11.9 Å². The Morgan fingerprint density at radius 2 is 1.76 bits per heavy atom. The highest BCUT2D eigenvalue weighted by Gasteiger charge is 2.22. The second-order valence-corrected chi connectivity index (χ2v) is 5.47. The number of carbonyl (C=O) groups is 3. The van der Waals surface area contributed by atoms with Crippen molar-refractivity contribution in [3.63, 3.8) is 0 Å². The van der Waals surface area contributed by atoms with E-state index in [-0.39, 0.29) is 17.0 Å². The van der Waals surface area contributed by atoms with E-state index in [1.54, 1.807) is 19.4 Å². The molecule has 0 saturated heterocycles. The quantitative estimate of drug-likeness (QED) is 0.345. The summed E-state index contributed by atoms with van der Waals surface area (Å²) in [6.07, 6.45) is 3.41. The summed E-state index contributed by atoms with van der Waals surface area (Å²) in [5.74, 6) is -2.00. The minimum absolute atomic E-state index is 0.0403. The smallest absolute Gasteiger partial charge is 0.349 e. The van der Waals surface area contributed by atoms with Gasteiger partial charge in [-0.25, -0.2) is 4.79 Å². The van der Waals surface area contributed by atoms with Crippen LogP contribution in [0.25, 0.3) is 0 Å². The summed E-state index contributed by atoms with van der Waals surface area (Å²) in [6.45, 7) is 6.71. The fourth-order valence-corrected chi connectivity index (χ4v) is 1.72. The van der Waals surface area contributed by atoms with Crippen LogP contribution in [-0.2, 0) is 19.1 Å². The molecule has 0 aliphatic carbocycles. The van der Waals surface area contributed by atoms with Gasteiger partial charge in [-0.05, 0) is 26.4 Å². The fourth-order valence-electron chi connectivity index (χ4n) is 0.908. The van der Waals surface area contributed by atoms with Gasteiger partial charge in [0.25, 0.3) is 11.8 Å². The van der Waals surface area contributed by atoms with Gasteiger partial charge in [0.2, 0.25) is 0 Å². The van der Waals surface area contributed by atoms with Gasteiger partial charge in [-0.1, -0.05) is 6.58 Å². The van der Waals surface area contributed by atoms with Gasteiger partial charge >= 0.3 is 5.97 Å². The summed E-state index contributed by atoms with van der Waals surface area (Å²) in [6, 6.07) is 0. The van der Waals surface area contributed by atoms with Crippen LogP contribution in [0.5, 0.6) is 0 Å². The molecule has 0 aromatic carbocycles. The first kappa shape index (κ1) is 15.6. The molecular weight excluding hydrogens is 242 g/mol. The molecule has 0 saturated carbocycles. The van der Waals surface area contributed by atoms with Crippen LogP contribution in [0.4, 0.5) is 0 Å². The topological polar surface area (TPSA) is 72.5 Å². The molecule has 0 aromatic rings. The van der Waals surface area contributed by atoms with Crippen molar-refractivity contribution in [1.29, 1.82) is 0 Å². The van der Waals surface area contributed by atoms with Gasteiger partial charge < -0.3 is 4.74 Å². The van der Waals surface area contributed by atoms with E-state index in [4.69, 9.17) is 4.74 Å². The molecule has 0 bridgehead atoms. The van der Waals surface area contributed by atoms with E-state index in [1.807, 2.05) is 0 Å². The Kier molecular flexibility index (Phi) is 6.42. The number of esters is 1. The lowest BCUT2D eigenvalue weighted by atomic mass is 10.3. The molecule has 0 fully saturated rings. The molecule has 17 heavy (non-hydrogen) atoms. The molecule has 96 valence electrons. The first-order valence-electron chi connectivity index (χ1n) is 4.94. The Hall–Kier alpha value is -1.43. The average Bonchev–Trinajstić information content (AvgIpc) is 2.16. The molecule has 0 aliphatic rings. The fraction of sp³-hybridized carbons (Fsp3) is 0.455.